The molecule has 0 amide bonds. The van der Waals surface area contributed by atoms with Crippen LogP contribution in [0.4, 0.5) is 0 Å². The number of hydrogen-bond donors (Lipinski definition) is 1. The highest BCUT2D eigenvalue weighted by molar-refractivity contribution is 7.17. The molecule has 0 unspecified atom stereocenters. The minimum Gasteiger partial charge on any atom is -0.390 e. The van der Waals surface area contributed by atoms with Gasteiger partial charge in [0.1, 0.15) is 0 Å². The first kappa shape index (κ1) is 14.1. The average Bonchev–Trinajstić information content (AvgIpc) is 2.85. The second-order valence-electron chi connectivity index (χ2n) is 6.39. The number of benzene rings is 1. The highest BCUT2D eigenvalue weighted by Crippen LogP contribution is 2.38. The van der Waals surface area contributed by atoms with E-state index in [0.29, 0.717) is 0 Å². The van der Waals surface area contributed by atoms with Crippen LogP contribution in [-0.2, 0) is 6.42 Å². The Morgan fingerprint density at radius 2 is 2.00 bits per heavy atom. The van der Waals surface area contributed by atoms with Crippen molar-refractivity contribution in [1.82, 2.24) is 0 Å². The third-order valence-corrected chi connectivity index (χ3v) is 5.83. The van der Waals surface area contributed by atoms with Gasteiger partial charge in [0, 0.05) is 11.1 Å². The van der Waals surface area contributed by atoms with E-state index in [1.54, 1.807) is 11.3 Å². The summed E-state index contributed by atoms with van der Waals surface area (Å²) in [7, 11) is 0. The maximum Gasteiger partial charge on any atom is 0.0688 e. The molecule has 1 aromatic carbocycles. The zero-order valence-electron chi connectivity index (χ0n) is 12.3. The molecule has 0 saturated heterocycles. The summed E-state index contributed by atoms with van der Waals surface area (Å²) in [6.07, 6.45) is 7.79. The molecular weight excluding hydrogens is 264 g/mol. The Labute approximate surface area is 125 Å². The molecule has 1 nitrogen and oxygen atoms in total. The highest BCUT2D eigenvalue weighted by atomic mass is 32.1. The minimum absolute atomic E-state index is 0.464. The largest absolute Gasteiger partial charge is 0.390 e. The highest BCUT2D eigenvalue weighted by Gasteiger charge is 2.33. The molecule has 0 radical (unpaired) electrons. The Bertz CT molecular complexity index is 564. The van der Waals surface area contributed by atoms with Crippen LogP contribution in [0.3, 0.4) is 0 Å². The molecule has 0 spiro atoms. The van der Waals surface area contributed by atoms with Gasteiger partial charge in [-0.2, -0.15) is 0 Å². The molecule has 2 heteroatoms. The van der Waals surface area contributed by atoms with E-state index in [1.165, 1.54) is 41.3 Å². The van der Waals surface area contributed by atoms with Crippen molar-refractivity contribution in [3.8, 4) is 0 Å². The maximum absolute atomic E-state index is 10.9. The van der Waals surface area contributed by atoms with Crippen LogP contribution in [0.15, 0.2) is 29.6 Å². The Morgan fingerprint density at radius 3 is 2.75 bits per heavy atom. The Balaban J connectivity index is 1.71. The summed E-state index contributed by atoms with van der Waals surface area (Å²) in [4.78, 5) is 0. The maximum atomic E-state index is 10.9. The molecule has 0 aliphatic heterocycles. The van der Waals surface area contributed by atoms with Gasteiger partial charge in [-0.1, -0.05) is 38.0 Å². The van der Waals surface area contributed by atoms with Gasteiger partial charge < -0.3 is 5.11 Å². The number of aliphatic hydroxyl groups is 1. The molecule has 1 aliphatic rings. The third-order valence-electron chi connectivity index (χ3n) is 4.81. The number of rotatable bonds is 4. The van der Waals surface area contributed by atoms with Gasteiger partial charge in [-0.15, -0.1) is 11.3 Å². The van der Waals surface area contributed by atoms with E-state index in [0.717, 1.165) is 25.2 Å². The monoisotopic (exact) mass is 288 g/mol. The van der Waals surface area contributed by atoms with Crippen molar-refractivity contribution in [3.05, 3.63) is 35.2 Å². The Hall–Kier alpha value is -0.860. The van der Waals surface area contributed by atoms with Crippen LogP contribution in [-0.4, -0.2) is 10.7 Å². The lowest BCUT2D eigenvalue weighted by atomic mass is 9.74. The summed E-state index contributed by atoms with van der Waals surface area (Å²) in [6.45, 7) is 2.26. The van der Waals surface area contributed by atoms with Crippen LogP contribution in [0.25, 0.3) is 10.1 Å². The van der Waals surface area contributed by atoms with E-state index in [4.69, 9.17) is 0 Å². The Kier molecular flexibility index (Phi) is 4.13. The van der Waals surface area contributed by atoms with Gasteiger partial charge in [-0.3, -0.25) is 0 Å². The van der Waals surface area contributed by atoms with E-state index in [-0.39, 0.29) is 0 Å². The second kappa shape index (κ2) is 5.87. The van der Waals surface area contributed by atoms with E-state index in [2.05, 4.69) is 36.6 Å². The molecule has 1 heterocycles. The molecule has 0 bridgehead atoms. The van der Waals surface area contributed by atoms with E-state index in [9.17, 15) is 5.11 Å². The summed E-state index contributed by atoms with van der Waals surface area (Å²) >= 11 is 1.80. The normalized spacial score (nSPS) is 27.0. The molecular formula is C18H24OS. The molecule has 1 aromatic heterocycles. The predicted molar refractivity (Wildman–Crippen MR) is 87.3 cm³/mol. The van der Waals surface area contributed by atoms with Crippen LogP contribution >= 0.6 is 11.3 Å². The van der Waals surface area contributed by atoms with Crippen LogP contribution in [0.1, 0.15) is 51.0 Å². The summed E-state index contributed by atoms with van der Waals surface area (Å²) in [6, 6.07) is 8.55. The van der Waals surface area contributed by atoms with Gasteiger partial charge in [-0.25, -0.2) is 0 Å². The molecule has 1 N–H and O–H groups in total. The fraction of sp³-hybridized carbons (Fsp3) is 0.556. The summed E-state index contributed by atoms with van der Waals surface area (Å²) < 4.78 is 1.34. The van der Waals surface area contributed by atoms with Crippen molar-refractivity contribution in [2.45, 2.75) is 57.5 Å². The molecule has 1 fully saturated rings. The van der Waals surface area contributed by atoms with Gasteiger partial charge in [0.2, 0.25) is 0 Å². The standard InChI is InChI=1S/C18H24OS/c1-2-5-14-8-10-18(19,11-9-14)12-15-13-20-17-7-4-3-6-16(15)17/h3-4,6-7,13-14,19H,2,5,8-12H2,1H3. The number of hydrogen-bond acceptors (Lipinski definition) is 2. The zero-order valence-corrected chi connectivity index (χ0v) is 13.1. The van der Waals surface area contributed by atoms with Crippen LogP contribution in [0.2, 0.25) is 0 Å². The SMILES string of the molecule is CCCC1CCC(O)(Cc2csc3ccccc23)CC1. The quantitative estimate of drug-likeness (QED) is 0.823. The molecule has 2 aromatic rings. The molecule has 108 valence electrons. The topological polar surface area (TPSA) is 20.2 Å². The van der Waals surface area contributed by atoms with Gasteiger partial charge >= 0.3 is 0 Å². The second-order valence-corrected chi connectivity index (χ2v) is 7.30. The van der Waals surface area contributed by atoms with Crippen LogP contribution < -0.4 is 0 Å². The first-order valence-corrected chi connectivity index (χ1v) is 8.76. The molecule has 20 heavy (non-hydrogen) atoms. The summed E-state index contributed by atoms with van der Waals surface area (Å²) in [5.74, 6) is 0.847. The Morgan fingerprint density at radius 1 is 1.25 bits per heavy atom. The van der Waals surface area contributed by atoms with Crippen LogP contribution in [0.5, 0.6) is 0 Å². The number of fused-ring (bicyclic) bond motifs is 1. The van der Waals surface area contributed by atoms with Gasteiger partial charge in [0.05, 0.1) is 5.60 Å². The van der Waals surface area contributed by atoms with Gasteiger partial charge in [0.15, 0.2) is 0 Å². The third kappa shape index (κ3) is 2.91. The van der Waals surface area contributed by atoms with Gasteiger partial charge in [-0.05, 0) is 54.0 Å². The van der Waals surface area contributed by atoms with Gasteiger partial charge in [0.25, 0.3) is 0 Å². The fourth-order valence-corrected chi connectivity index (χ4v) is 4.58. The van der Waals surface area contributed by atoms with E-state index in [1.807, 2.05) is 0 Å². The lowest BCUT2D eigenvalue weighted by Gasteiger charge is -2.36. The van der Waals surface area contributed by atoms with Crippen molar-refractivity contribution < 1.29 is 5.11 Å². The predicted octanol–water partition coefficient (Wildman–Crippen LogP) is 5.17. The van der Waals surface area contributed by atoms with Crippen molar-refractivity contribution in [1.29, 1.82) is 0 Å². The molecule has 0 atom stereocenters. The van der Waals surface area contributed by atoms with Crippen molar-refractivity contribution in [3.63, 3.8) is 0 Å². The summed E-state index contributed by atoms with van der Waals surface area (Å²) in [5.41, 5.74) is 0.871. The summed E-state index contributed by atoms with van der Waals surface area (Å²) in [5, 5.41) is 14.5. The van der Waals surface area contributed by atoms with E-state index >= 15 is 0 Å². The van der Waals surface area contributed by atoms with Crippen molar-refractivity contribution in [2.24, 2.45) is 5.92 Å². The number of thiophene rings is 1. The lowest BCUT2D eigenvalue weighted by molar-refractivity contribution is -0.00955. The van der Waals surface area contributed by atoms with Crippen molar-refractivity contribution in [2.75, 3.05) is 0 Å². The first-order valence-electron chi connectivity index (χ1n) is 7.88. The van der Waals surface area contributed by atoms with E-state index < -0.39 is 5.60 Å². The lowest BCUT2D eigenvalue weighted by Crippen LogP contribution is -2.36. The fourth-order valence-electron chi connectivity index (χ4n) is 3.61. The first-order chi connectivity index (χ1) is 9.70. The van der Waals surface area contributed by atoms with Crippen molar-refractivity contribution >= 4 is 21.4 Å². The van der Waals surface area contributed by atoms with Crippen LogP contribution in [0, 0.1) is 5.92 Å². The minimum atomic E-state index is -0.464. The zero-order chi connectivity index (χ0) is 14.0. The molecule has 1 aliphatic carbocycles. The molecule has 3 rings (SSSR count). The average molecular weight is 288 g/mol. The smallest absolute Gasteiger partial charge is 0.0688 e. The molecule has 1 saturated carbocycles.